The number of amides is 1. The van der Waals surface area contributed by atoms with E-state index in [9.17, 15) is 4.79 Å². The van der Waals surface area contributed by atoms with Gasteiger partial charge in [0.2, 0.25) is 0 Å². The molecule has 0 bridgehead atoms. The van der Waals surface area contributed by atoms with Crippen molar-refractivity contribution in [3.63, 3.8) is 0 Å². The number of carbonyl (C=O) groups is 1. The molecule has 0 aromatic carbocycles. The van der Waals surface area contributed by atoms with E-state index >= 15 is 0 Å². The second-order valence-corrected chi connectivity index (χ2v) is 6.01. The van der Waals surface area contributed by atoms with Crippen LogP contribution in [0.5, 0.6) is 0 Å². The second-order valence-electron chi connectivity index (χ2n) is 6.01. The first-order valence-corrected chi connectivity index (χ1v) is 5.62. The topological polar surface area (TPSA) is 41.6 Å². The van der Waals surface area contributed by atoms with E-state index in [0.29, 0.717) is 5.92 Å². The van der Waals surface area contributed by atoms with Gasteiger partial charge in [-0.25, -0.2) is 15.2 Å². The van der Waals surface area contributed by atoms with Crippen LogP contribution in [0, 0.1) is 5.92 Å². The predicted molar refractivity (Wildman–Crippen MR) is 55.1 cm³/mol. The van der Waals surface area contributed by atoms with Crippen LogP contribution in [0.25, 0.3) is 0 Å². The molecule has 1 aliphatic carbocycles. The molecule has 1 amide bonds. The molecule has 2 saturated heterocycles. The van der Waals surface area contributed by atoms with Crippen molar-refractivity contribution < 1.29 is 9.53 Å². The molecule has 4 heteroatoms. The van der Waals surface area contributed by atoms with Gasteiger partial charge in [0.25, 0.3) is 0 Å². The monoisotopic (exact) mass is 210 g/mol. The minimum absolute atomic E-state index is 0.00799. The van der Waals surface area contributed by atoms with Crippen molar-refractivity contribution in [1.82, 2.24) is 10.4 Å². The van der Waals surface area contributed by atoms with Gasteiger partial charge in [-0.15, -0.1) is 0 Å². The third-order valence-electron chi connectivity index (χ3n) is 4.89. The third kappa shape index (κ3) is 0.781. The van der Waals surface area contributed by atoms with Crippen LogP contribution in [-0.4, -0.2) is 27.8 Å². The van der Waals surface area contributed by atoms with Gasteiger partial charge in [0, 0.05) is 11.5 Å². The Morgan fingerprint density at radius 1 is 1.40 bits per heavy atom. The molecule has 0 spiro atoms. The fourth-order valence-corrected chi connectivity index (χ4v) is 3.89. The molecule has 0 unspecified atom stereocenters. The Hall–Kier alpha value is -0.770. The molecule has 1 saturated carbocycles. The number of nitrogens with zero attached hydrogens (tertiary/aromatic N) is 1. The Morgan fingerprint density at radius 3 is 2.73 bits per heavy atom. The summed E-state index contributed by atoms with van der Waals surface area (Å²) >= 11 is 0. The molecule has 2 aliphatic heterocycles. The van der Waals surface area contributed by atoms with E-state index in [0.717, 1.165) is 12.8 Å². The molecule has 15 heavy (non-hydrogen) atoms. The molecule has 3 aliphatic rings. The molecule has 2 heterocycles. The standard InChI is InChI=1S/C11H18N2O2/c1-9(2)7-5-6-10(3)11(7,4)13(12-9)8(14)15-10/h7,12H,5-6H2,1-4H3/t7-,10+,11-/m1/s1. The first-order valence-electron chi connectivity index (χ1n) is 5.62. The van der Waals surface area contributed by atoms with Gasteiger partial charge in [0.05, 0.1) is 0 Å². The average molecular weight is 210 g/mol. The molecule has 4 nitrogen and oxygen atoms in total. The minimum Gasteiger partial charge on any atom is -0.440 e. The second kappa shape index (κ2) is 2.17. The van der Waals surface area contributed by atoms with Crippen LogP contribution < -0.4 is 5.43 Å². The van der Waals surface area contributed by atoms with Gasteiger partial charge < -0.3 is 4.74 Å². The highest BCUT2D eigenvalue weighted by Crippen LogP contribution is 2.59. The fraction of sp³-hybridized carbons (Fsp3) is 0.909. The number of nitrogens with one attached hydrogen (secondary N) is 1. The van der Waals surface area contributed by atoms with Crippen LogP contribution >= 0.6 is 0 Å². The van der Waals surface area contributed by atoms with Crippen molar-refractivity contribution >= 4 is 6.09 Å². The lowest BCUT2D eigenvalue weighted by molar-refractivity contribution is 0.0267. The summed E-state index contributed by atoms with van der Waals surface area (Å²) in [4.78, 5) is 11.8. The maximum absolute atomic E-state index is 11.8. The van der Waals surface area contributed by atoms with E-state index < -0.39 is 0 Å². The van der Waals surface area contributed by atoms with Crippen LogP contribution in [0.15, 0.2) is 0 Å². The maximum atomic E-state index is 11.8. The highest BCUT2D eigenvalue weighted by atomic mass is 16.6. The van der Waals surface area contributed by atoms with Crippen LogP contribution in [0.1, 0.15) is 40.5 Å². The minimum atomic E-state index is -0.310. The van der Waals surface area contributed by atoms with Crippen molar-refractivity contribution in [2.75, 3.05) is 0 Å². The van der Waals surface area contributed by atoms with Crippen LogP contribution in [0.3, 0.4) is 0 Å². The van der Waals surface area contributed by atoms with Crippen LogP contribution in [0.2, 0.25) is 0 Å². The van der Waals surface area contributed by atoms with E-state index in [1.54, 1.807) is 5.01 Å². The van der Waals surface area contributed by atoms with E-state index in [1.165, 1.54) is 0 Å². The van der Waals surface area contributed by atoms with Gasteiger partial charge in [-0.1, -0.05) is 0 Å². The molecule has 3 atom stereocenters. The Morgan fingerprint density at radius 2 is 2.07 bits per heavy atom. The van der Waals surface area contributed by atoms with E-state index in [-0.39, 0.29) is 22.8 Å². The van der Waals surface area contributed by atoms with Gasteiger partial charge in [-0.05, 0) is 40.5 Å². The summed E-state index contributed by atoms with van der Waals surface area (Å²) in [5.41, 5.74) is 2.81. The van der Waals surface area contributed by atoms with E-state index in [2.05, 4.69) is 33.1 Å². The summed E-state index contributed by atoms with van der Waals surface area (Å²) < 4.78 is 5.53. The summed E-state index contributed by atoms with van der Waals surface area (Å²) in [6, 6.07) is 0. The van der Waals surface area contributed by atoms with Crippen molar-refractivity contribution in [2.45, 2.75) is 57.2 Å². The highest BCUT2D eigenvalue weighted by molar-refractivity contribution is 5.73. The Balaban J connectivity index is 2.16. The molecule has 0 aromatic heterocycles. The van der Waals surface area contributed by atoms with Gasteiger partial charge >= 0.3 is 6.09 Å². The van der Waals surface area contributed by atoms with E-state index in [1.807, 2.05) is 0 Å². The van der Waals surface area contributed by atoms with Gasteiger partial charge in [0.15, 0.2) is 0 Å². The van der Waals surface area contributed by atoms with Gasteiger partial charge in [-0.3, -0.25) is 0 Å². The fourth-order valence-electron chi connectivity index (χ4n) is 3.89. The third-order valence-corrected chi connectivity index (χ3v) is 4.89. The Labute approximate surface area is 89.9 Å². The molecule has 0 aromatic rings. The van der Waals surface area contributed by atoms with Crippen molar-refractivity contribution in [3.05, 3.63) is 0 Å². The number of carbonyl (C=O) groups excluding carboxylic acids is 1. The quantitative estimate of drug-likeness (QED) is 0.661. The molecular weight excluding hydrogens is 192 g/mol. The molecule has 1 N–H and O–H groups in total. The summed E-state index contributed by atoms with van der Waals surface area (Å²) in [6.07, 6.45) is 1.88. The molecule has 3 rings (SSSR count). The van der Waals surface area contributed by atoms with Crippen LogP contribution in [0.4, 0.5) is 4.79 Å². The molecule has 84 valence electrons. The molecular formula is C11H18N2O2. The summed E-state index contributed by atoms with van der Waals surface area (Å²) in [5.74, 6) is 0.474. The van der Waals surface area contributed by atoms with Gasteiger partial charge in [-0.2, -0.15) is 0 Å². The zero-order valence-corrected chi connectivity index (χ0v) is 9.76. The number of ether oxygens (including phenoxy) is 1. The van der Waals surface area contributed by atoms with Gasteiger partial charge in [0.1, 0.15) is 11.1 Å². The number of hydrogen-bond acceptors (Lipinski definition) is 3. The van der Waals surface area contributed by atoms with Crippen molar-refractivity contribution in [1.29, 1.82) is 0 Å². The van der Waals surface area contributed by atoms with Crippen molar-refractivity contribution in [3.8, 4) is 0 Å². The lowest BCUT2D eigenvalue weighted by Gasteiger charge is -2.34. The zero-order chi connectivity index (χ0) is 11.1. The van der Waals surface area contributed by atoms with E-state index in [4.69, 9.17) is 4.74 Å². The zero-order valence-electron chi connectivity index (χ0n) is 9.76. The smallest absolute Gasteiger partial charge is 0.425 e. The maximum Gasteiger partial charge on any atom is 0.425 e. The average Bonchev–Trinajstić information content (AvgIpc) is 2.54. The molecule has 0 radical (unpaired) electrons. The lowest BCUT2D eigenvalue weighted by Crippen LogP contribution is -2.52. The summed E-state index contributed by atoms with van der Waals surface area (Å²) in [7, 11) is 0. The largest absolute Gasteiger partial charge is 0.440 e. The highest BCUT2D eigenvalue weighted by Gasteiger charge is 2.73. The summed E-state index contributed by atoms with van der Waals surface area (Å²) in [6.45, 7) is 8.55. The summed E-state index contributed by atoms with van der Waals surface area (Å²) in [5, 5.41) is 1.73. The Bertz CT molecular complexity index is 354. The first-order chi connectivity index (χ1) is 6.81. The normalized spacial score (nSPS) is 50.8. The number of hydrogen-bond donors (Lipinski definition) is 1. The Kier molecular flexibility index (Phi) is 1.37. The predicted octanol–water partition coefficient (Wildman–Crippen LogP) is 1.66. The lowest BCUT2D eigenvalue weighted by atomic mass is 9.74. The SMILES string of the molecule is CC1(C)NN2C(=O)O[C@@]3(C)CC[C@H]1[C@@]23C. The number of hydrazine groups is 1. The van der Waals surface area contributed by atoms with Crippen LogP contribution in [-0.2, 0) is 4.74 Å². The van der Waals surface area contributed by atoms with Crippen molar-refractivity contribution in [2.24, 2.45) is 5.92 Å². The first kappa shape index (κ1) is 9.46. The number of rotatable bonds is 0. The molecule has 3 fully saturated rings.